The van der Waals surface area contributed by atoms with E-state index in [2.05, 4.69) is 4.99 Å². The van der Waals surface area contributed by atoms with E-state index in [1.165, 1.54) is 0 Å². The van der Waals surface area contributed by atoms with Crippen LogP contribution in [-0.4, -0.2) is 19.0 Å². The Bertz CT molecular complexity index is 1130. The molecule has 0 saturated carbocycles. The second-order valence-electron chi connectivity index (χ2n) is 6.84. The van der Waals surface area contributed by atoms with Gasteiger partial charge in [0, 0.05) is 5.56 Å². The highest BCUT2D eigenvalue weighted by atomic mass is 16.6. The van der Waals surface area contributed by atoms with Gasteiger partial charge in [-0.1, -0.05) is 54.6 Å². The molecule has 0 radical (unpaired) electrons. The minimum atomic E-state index is -0.475. The van der Waals surface area contributed by atoms with Crippen LogP contribution < -0.4 is 9.47 Å². The Morgan fingerprint density at radius 3 is 2.50 bits per heavy atom. The first-order chi connectivity index (χ1) is 14.6. The van der Waals surface area contributed by atoms with Crippen LogP contribution in [0.4, 0.5) is 0 Å². The van der Waals surface area contributed by atoms with Crippen LogP contribution in [0.1, 0.15) is 22.3 Å². The lowest BCUT2D eigenvalue weighted by Crippen LogP contribution is -2.06. The molecule has 150 valence electrons. The average molecular weight is 399 g/mol. The summed E-state index contributed by atoms with van der Waals surface area (Å²) in [5.41, 5.74) is 3.87. The fourth-order valence-electron chi connectivity index (χ4n) is 3.12. The summed E-state index contributed by atoms with van der Waals surface area (Å²) in [4.78, 5) is 16.7. The van der Waals surface area contributed by atoms with E-state index in [0.29, 0.717) is 24.0 Å². The number of methoxy groups -OCH3 is 1. The first-order valence-corrected chi connectivity index (χ1v) is 9.57. The highest BCUT2D eigenvalue weighted by Crippen LogP contribution is 2.30. The Kier molecular flexibility index (Phi) is 5.61. The van der Waals surface area contributed by atoms with Gasteiger partial charge in [-0.15, -0.1) is 0 Å². The average Bonchev–Trinajstić information content (AvgIpc) is 3.13. The standard InChI is InChI=1S/C25H21NO4/c1-17-8-6-7-11-20(17)24-26-21(25(27)30-24)14-19-12-13-22(23(15-19)28-2)29-16-18-9-4-3-5-10-18/h3-15H,16H2,1-2H3/b21-14+. The van der Waals surface area contributed by atoms with Crippen LogP contribution in [0.15, 0.2) is 83.5 Å². The van der Waals surface area contributed by atoms with Gasteiger partial charge >= 0.3 is 5.97 Å². The van der Waals surface area contributed by atoms with Gasteiger partial charge in [-0.05, 0) is 47.9 Å². The van der Waals surface area contributed by atoms with Crippen molar-refractivity contribution in [1.29, 1.82) is 0 Å². The molecule has 1 aliphatic rings. The van der Waals surface area contributed by atoms with Crippen molar-refractivity contribution in [2.24, 2.45) is 4.99 Å². The number of aryl methyl sites for hydroxylation is 1. The van der Waals surface area contributed by atoms with Crippen LogP contribution >= 0.6 is 0 Å². The van der Waals surface area contributed by atoms with Gasteiger partial charge in [0.1, 0.15) is 6.61 Å². The summed E-state index contributed by atoms with van der Waals surface area (Å²) in [7, 11) is 1.58. The first-order valence-electron chi connectivity index (χ1n) is 9.57. The third-order valence-corrected chi connectivity index (χ3v) is 4.72. The quantitative estimate of drug-likeness (QED) is 0.436. The summed E-state index contributed by atoms with van der Waals surface area (Å²) in [6, 6.07) is 23.0. The van der Waals surface area contributed by atoms with E-state index < -0.39 is 5.97 Å². The molecule has 0 amide bonds. The maximum absolute atomic E-state index is 12.3. The first kappa shape index (κ1) is 19.5. The number of hydrogen-bond donors (Lipinski definition) is 0. The lowest BCUT2D eigenvalue weighted by molar-refractivity contribution is -0.129. The maximum Gasteiger partial charge on any atom is 0.363 e. The Balaban J connectivity index is 1.56. The van der Waals surface area contributed by atoms with Crippen LogP contribution in [0.25, 0.3) is 6.08 Å². The number of rotatable bonds is 6. The molecule has 0 spiro atoms. The van der Waals surface area contributed by atoms with Gasteiger partial charge < -0.3 is 14.2 Å². The van der Waals surface area contributed by atoms with Crippen LogP contribution in [0.3, 0.4) is 0 Å². The zero-order chi connectivity index (χ0) is 20.9. The molecule has 3 aromatic rings. The number of ether oxygens (including phenoxy) is 3. The Morgan fingerprint density at radius 2 is 1.73 bits per heavy atom. The molecular weight excluding hydrogens is 378 g/mol. The van der Waals surface area contributed by atoms with Crippen LogP contribution in [0.5, 0.6) is 11.5 Å². The van der Waals surface area contributed by atoms with Crippen LogP contribution in [0, 0.1) is 6.92 Å². The molecule has 4 rings (SSSR count). The summed E-state index contributed by atoms with van der Waals surface area (Å²) in [5.74, 6) is 1.05. The number of benzene rings is 3. The van der Waals surface area contributed by atoms with Crippen LogP contribution in [0.2, 0.25) is 0 Å². The van der Waals surface area contributed by atoms with Crippen molar-refractivity contribution in [1.82, 2.24) is 0 Å². The third-order valence-electron chi connectivity index (χ3n) is 4.72. The number of aliphatic imine (C=N–C) groups is 1. The van der Waals surface area contributed by atoms with E-state index >= 15 is 0 Å². The summed E-state index contributed by atoms with van der Waals surface area (Å²) >= 11 is 0. The minimum absolute atomic E-state index is 0.244. The van der Waals surface area contributed by atoms with Crippen molar-refractivity contribution in [3.05, 3.63) is 101 Å². The largest absolute Gasteiger partial charge is 0.493 e. The fraction of sp³-hybridized carbons (Fsp3) is 0.120. The number of hydrogen-bond acceptors (Lipinski definition) is 5. The van der Waals surface area contributed by atoms with Gasteiger partial charge in [0.25, 0.3) is 0 Å². The molecule has 30 heavy (non-hydrogen) atoms. The van der Waals surface area contributed by atoms with Crippen molar-refractivity contribution in [2.75, 3.05) is 7.11 Å². The predicted octanol–water partition coefficient (Wildman–Crippen LogP) is 4.93. The van der Waals surface area contributed by atoms with Crippen molar-refractivity contribution in [2.45, 2.75) is 13.5 Å². The normalized spacial score (nSPS) is 14.4. The molecule has 1 heterocycles. The molecule has 3 aromatic carbocycles. The van der Waals surface area contributed by atoms with Gasteiger partial charge in [0.2, 0.25) is 5.90 Å². The van der Waals surface area contributed by atoms with Gasteiger partial charge in [-0.25, -0.2) is 9.79 Å². The van der Waals surface area contributed by atoms with E-state index in [1.807, 2.05) is 79.7 Å². The summed E-state index contributed by atoms with van der Waals surface area (Å²) in [5, 5.41) is 0. The molecule has 5 heteroatoms. The summed E-state index contributed by atoms with van der Waals surface area (Å²) < 4.78 is 16.7. The topological polar surface area (TPSA) is 57.1 Å². The fourth-order valence-corrected chi connectivity index (χ4v) is 3.12. The molecule has 0 N–H and O–H groups in total. The molecule has 0 atom stereocenters. The Labute approximate surface area is 175 Å². The highest BCUT2D eigenvalue weighted by molar-refractivity contribution is 6.13. The van der Waals surface area contributed by atoms with Crippen molar-refractivity contribution in [3.8, 4) is 11.5 Å². The second kappa shape index (κ2) is 8.66. The van der Waals surface area contributed by atoms with Gasteiger partial charge in [-0.2, -0.15) is 0 Å². The zero-order valence-electron chi connectivity index (χ0n) is 16.8. The van der Waals surface area contributed by atoms with E-state index in [4.69, 9.17) is 14.2 Å². The number of esters is 1. The van der Waals surface area contributed by atoms with Crippen molar-refractivity contribution >= 4 is 17.9 Å². The molecule has 0 aromatic heterocycles. The smallest absolute Gasteiger partial charge is 0.363 e. The summed E-state index contributed by atoms with van der Waals surface area (Å²) in [6.07, 6.45) is 1.68. The van der Waals surface area contributed by atoms with E-state index in [1.54, 1.807) is 13.2 Å². The SMILES string of the molecule is COc1cc(/C=C2/N=C(c3ccccc3C)OC2=O)ccc1OCc1ccccc1. The maximum atomic E-state index is 12.3. The van der Waals surface area contributed by atoms with Crippen LogP contribution in [-0.2, 0) is 16.1 Å². The summed E-state index contributed by atoms with van der Waals surface area (Å²) in [6.45, 7) is 2.39. The lowest BCUT2D eigenvalue weighted by Gasteiger charge is -2.11. The molecule has 5 nitrogen and oxygen atoms in total. The van der Waals surface area contributed by atoms with Gasteiger partial charge in [-0.3, -0.25) is 0 Å². The molecule has 0 aliphatic carbocycles. The van der Waals surface area contributed by atoms with Gasteiger partial charge in [0.05, 0.1) is 7.11 Å². The van der Waals surface area contributed by atoms with E-state index in [0.717, 1.165) is 22.3 Å². The Hall–Kier alpha value is -3.86. The zero-order valence-corrected chi connectivity index (χ0v) is 16.8. The molecule has 1 aliphatic heterocycles. The number of cyclic esters (lactones) is 1. The van der Waals surface area contributed by atoms with Crippen molar-refractivity contribution in [3.63, 3.8) is 0 Å². The molecular formula is C25H21NO4. The molecule has 0 bridgehead atoms. The van der Waals surface area contributed by atoms with Gasteiger partial charge in [0.15, 0.2) is 17.2 Å². The predicted molar refractivity (Wildman–Crippen MR) is 116 cm³/mol. The number of nitrogens with zero attached hydrogens (tertiary/aromatic N) is 1. The molecule has 0 unspecified atom stereocenters. The van der Waals surface area contributed by atoms with Crippen molar-refractivity contribution < 1.29 is 19.0 Å². The molecule has 0 fully saturated rings. The second-order valence-corrected chi connectivity index (χ2v) is 6.84. The highest BCUT2D eigenvalue weighted by Gasteiger charge is 2.25. The molecule has 0 saturated heterocycles. The van der Waals surface area contributed by atoms with E-state index in [-0.39, 0.29) is 5.70 Å². The number of carbonyl (C=O) groups excluding carboxylic acids is 1. The lowest BCUT2D eigenvalue weighted by atomic mass is 10.1. The number of carbonyl (C=O) groups is 1. The van der Waals surface area contributed by atoms with E-state index in [9.17, 15) is 4.79 Å². The third kappa shape index (κ3) is 4.25. The Morgan fingerprint density at radius 1 is 0.967 bits per heavy atom. The monoisotopic (exact) mass is 399 g/mol. The minimum Gasteiger partial charge on any atom is -0.493 e.